The summed E-state index contributed by atoms with van der Waals surface area (Å²) in [5.41, 5.74) is 5.73. The highest BCUT2D eigenvalue weighted by Gasteiger charge is 2.31. The maximum absolute atomic E-state index is 11.1. The molecule has 0 aromatic rings. The lowest BCUT2D eigenvalue weighted by Crippen LogP contribution is -2.51. The number of nitrogens with one attached hydrogen (secondary N) is 1. The summed E-state index contributed by atoms with van der Waals surface area (Å²) in [5, 5.41) is 2.88. The summed E-state index contributed by atoms with van der Waals surface area (Å²) in [6.07, 6.45) is 2.86. The molecule has 1 heterocycles. The van der Waals surface area contributed by atoms with E-state index in [1.54, 1.807) is 0 Å². The average Bonchev–Trinajstić information content (AvgIpc) is 2.25. The van der Waals surface area contributed by atoms with Crippen LogP contribution in [-0.4, -0.2) is 42.5 Å². The monoisotopic (exact) mass is 183 g/mol. The summed E-state index contributed by atoms with van der Waals surface area (Å²) in [7, 11) is 0. The molecule has 0 spiro atoms. The van der Waals surface area contributed by atoms with Crippen LogP contribution in [0.15, 0.2) is 0 Å². The van der Waals surface area contributed by atoms with E-state index < -0.39 is 0 Å². The van der Waals surface area contributed by atoms with Crippen molar-refractivity contribution in [3.8, 4) is 0 Å². The van der Waals surface area contributed by atoms with Gasteiger partial charge >= 0.3 is 0 Å². The quantitative estimate of drug-likeness (QED) is 0.565. The summed E-state index contributed by atoms with van der Waals surface area (Å²) >= 11 is 0. The van der Waals surface area contributed by atoms with E-state index in [-0.39, 0.29) is 5.91 Å². The predicted molar refractivity (Wildman–Crippen MR) is 50.2 cm³/mol. The van der Waals surface area contributed by atoms with Gasteiger partial charge in [-0.15, -0.1) is 0 Å². The van der Waals surface area contributed by atoms with Crippen molar-refractivity contribution in [3.05, 3.63) is 0 Å². The van der Waals surface area contributed by atoms with Gasteiger partial charge in [-0.2, -0.15) is 0 Å². The molecule has 4 nitrogen and oxygen atoms in total. The molecule has 2 aliphatic rings. The number of carbonyl (C=O) groups excluding carboxylic acids is 1. The van der Waals surface area contributed by atoms with Crippen LogP contribution < -0.4 is 11.1 Å². The van der Waals surface area contributed by atoms with Gasteiger partial charge in [0.2, 0.25) is 5.91 Å². The third-order valence-electron chi connectivity index (χ3n) is 3.01. The Balaban J connectivity index is 1.82. The first-order valence-corrected chi connectivity index (χ1v) is 5.02. The van der Waals surface area contributed by atoms with Crippen LogP contribution in [0.4, 0.5) is 0 Å². The molecule has 13 heavy (non-hydrogen) atoms. The SMILES string of the molecule is NC1CC(N2CCNC(=O)CC2)C1. The summed E-state index contributed by atoms with van der Waals surface area (Å²) in [6.45, 7) is 2.69. The molecule has 3 N–H and O–H groups in total. The summed E-state index contributed by atoms with van der Waals surface area (Å²) in [4.78, 5) is 13.4. The number of rotatable bonds is 1. The van der Waals surface area contributed by atoms with E-state index in [2.05, 4.69) is 10.2 Å². The van der Waals surface area contributed by atoms with Gasteiger partial charge < -0.3 is 11.1 Å². The van der Waals surface area contributed by atoms with Crippen molar-refractivity contribution in [2.75, 3.05) is 19.6 Å². The third-order valence-corrected chi connectivity index (χ3v) is 3.01. The molecule has 0 unspecified atom stereocenters. The van der Waals surface area contributed by atoms with Crippen LogP contribution in [0.1, 0.15) is 19.3 Å². The molecule has 0 aromatic carbocycles. The molecule has 2 fully saturated rings. The number of amides is 1. The van der Waals surface area contributed by atoms with Gasteiger partial charge in [0.05, 0.1) is 0 Å². The van der Waals surface area contributed by atoms with E-state index >= 15 is 0 Å². The molecular weight excluding hydrogens is 166 g/mol. The third kappa shape index (κ3) is 2.00. The van der Waals surface area contributed by atoms with Gasteiger partial charge in [-0.1, -0.05) is 0 Å². The standard InChI is InChI=1S/C9H17N3O/c10-7-5-8(6-7)12-3-1-9(13)11-2-4-12/h7-8H,1-6,10H2,(H,11,13). The van der Waals surface area contributed by atoms with E-state index in [1.165, 1.54) is 0 Å². The Morgan fingerprint density at radius 1 is 1.38 bits per heavy atom. The average molecular weight is 183 g/mol. The zero-order valence-electron chi connectivity index (χ0n) is 7.83. The van der Waals surface area contributed by atoms with E-state index in [1.807, 2.05) is 0 Å². The Morgan fingerprint density at radius 3 is 2.85 bits per heavy atom. The van der Waals surface area contributed by atoms with E-state index in [0.717, 1.165) is 32.5 Å². The van der Waals surface area contributed by atoms with Gasteiger partial charge in [0.15, 0.2) is 0 Å². The van der Waals surface area contributed by atoms with Crippen molar-refractivity contribution in [1.82, 2.24) is 10.2 Å². The predicted octanol–water partition coefficient (Wildman–Crippen LogP) is -0.702. The second-order valence-corrected chi connectivity index (χ2v) is 4.02. The minimum absolute atomic E-state index is 0.186. The van der Waals surface area contributed by atoms with Gasteiger partial charge in [0.1, 0.15) is 0 Å². The summed E-state index contributed by atoms with van der Waals surface area (Å²) in [6, 6.07) is 1.04. The lowest BCUT2D eigenvalue weighted by Gasteiger charge is -2.40. The lowest BCUT2D eigenvalue weighted by atomic mass is 9.86. The maximum Gasteiger partial charge on any atom is 0.221 e. The largest absolute Gasteiger partial charge is 0.355 e. The Hall–Kier alpha value is -0.610. The topological polar surface area (TPSA) is 58.4 Å². The molecule has 74 valence electrons. The fourth-order valence-corrected chi connectivity index (χ4v) is 2.08. The van der Waals surface area contributed by atoms with E-state index in [0.29, 0.717) is 18.5 Å². The number of hydrogen-bond donors (Lipinski definition) is 2. The minimum Gasteiger partial charge on any atom is -0.355 e. The zero-order chi connectivity index (χ0) is 9.26. The van der Waals surface area contributed by atoms with Crippen LogP contribution in [0.2, 0.25) is 0 Å². The molecule has 1 amide bonds. The molecule has 0 bridgehead atoms. The van der Waals surface area contributed by atoms with Crippen molar-refractivity contribution in [1.29, 1.82) is 0 Å². The van der Waals surface area contributed by atoms with Crippen molar-refractivity contribution < 1.29 is 4.79 Å². The molecule has 1 aliphatic carbocycles. The number of carbonyl (C=O) groups is 1. The number of hydrogen-bond acceptors (Lipinski definition) is 3. The first-order chi connectivity index (χ1) is 6.25. The van der Waals surface area contributed by atoms with E-state index in [4.69, 9.17) is 5.73 Å². The highest BCUT2D eigenvalue weighted by molar-refractivity contribution is 5.76. The molecule has 1 saturated carbocycles. The van der Waals surface area contributed by atoms with Crippen molar-refractivity contribution in [2.45, 2.75) is 31.3 Å². The molecule has 2 rings (SSSR count). The van der Waals surface area contributed by atoms with Gasteiger partial charge in [-0.25, -0.2) is 0 Å². The first-order valence-electron chi connectivity index (χ1n) is 5.02. The molecule has 1 aliphatic heterocycles. The van der Waals surface area contributed by atoms with Crippen molar-refractivity contribution >= 4 is 5.91 Å². The van der Waals surface area contributed by atoms with Gasteiger partial charge in [-0.3, -0.25) is 9.69 Å². The maximum atomic E-state index is 11.1. The Morgan fingerprint density at radius 2 is 2.15 bits per heavy atom. The van der Waals surface area contributed by atoms with Crippen LogP contribution in [-0.2, 0) is 4.79 Å². The van der Waals surface area contributed by atoms with Crippen LogP contribution >= 0.6 is 0 Å². The Bertz CT molecular complexity index is 201. The van der Waals surface area contributed by atoms with Crippen LogP contribution in [0, 0.1) is 0 Å². The van der Waals surface area contributed by atoms with Crippen molar-refractivity contribution in [2.24, 2.45) is 5.73 Å². The number of nitrogens with zero attached hydrogens (tertiary/aromatic N) is 1. The normalized spacial score (nSPS) is 36.2. The molecule has 0 radical (unpaired) electrons. The Kier molecular flexibility index (Phi) is 2.51. The van der Waals surface area contributed by atoms with Crippen LogP contribution in [0.25, 0.3) is 0 Å². The van der Waals surface area contributed by atoms with Gasteiger partial charge in [0.25, 0.3) is 0 Å². The molecule has 0 atom stereocenters. The number of nitrogens with two attached hydrogens (primary N) is 1. The highest BCUT2D eigenvalue weighted by atomic mass is 16.1. The van der Waals surface area contributed by atoms with Crippen molar-refractivity contribution in [3.63, 3.8) is 0 Å². The fourth-order valence-electron chi connectivity index (χ4n) is 2.08. The van der Waals surface area contributed by atoms with Gasteiger partial charge in [-0.05, 0) is 12.8 Å². The van der Waals surface area contributed by atoms with Crippen LogP contribution in [0.5, 0.6) is 0 Å². The fraction of sp³-hybridized carbons (Fsp3) is 0.889. The smallest absolute Gasteiger partial charge is 0.221 e. The Labute approximate surface area is 78.5 Å². The molecular formula is C9H17N3O. The highest BCUT2D eigenvalue weighted by Crippen LogP contribution is 2.24. The van der Waals surface area contributed by atoms with Crippen LogP contribution in [0.3, 0.4) is 0 Å². The van der Waals surface area contributed by atoms with Gasteiger partial charge in [0, 0.05) is 38.1 Å². The lowest BCUT2D eigenvalue weighted by molar-refractivity contribution is -0.120. The summed E-state index contributed by atoms with van der Waals surface area (Å²) in [5.74, 6) is 0.186. The zero-order valence-corrected chi connectivity index (χ0v) is 7.83. The second-order valence-electron chi connectivity index (χ2n) is 4.02. The first kappa shape index (κ1) is 8.97. The van der Waals surface area contributed by atoms with E-state index in [9.17, 15) is 4.79 Å². The molecule has 1 saturated heterocycles. The minimum atomic E-state index is 0.186. The second kappa shape index (κ2) is 3.64. The molecule has 0 aromatic heterocycles. The molecule has 4 heteroatoms. The summed E-state index contributed by atoms with van der Waals surface area (Å²) < 4.78 is 0.